The normalized spacial score (nSPS) is 21.4. The van der Waals surface area contributed by atoms with E-state index in [1.807, 2.05) is 23.0 Å². The molecule has 1 aliphatic heterocycles. The maximum Gasteiger partial charge on any atom is 0.241 e. The highest BCUT2D eigenvalue weighted by Gasteiger charge is 2.37. The molecule has 1 atom stereocenters. The molecule has 6 nitrogen and oxygen atoms in total. The van der Waals surface area contributed by atoms with Gasteiger partial charge in [0.25, 0.3) is 0 Å². The lowest BCUT2D eigenvalue weighted by Crippen LogP contribution is -2.27. The summed E-state index contributed by atoms with van der Waals surface area (Å²) in [7, 11) is 0. The van der Waals surface area contributed by atoms with Crippen molar-refractivity contribution in [2.45, 2.75) is 45.4 Å². The largest absolute Gasteiger partial charge is 0.353 e. The van der Waals surface area contributed by atoms with E-state index in [0.717, 1.165) is 52.8 Å². The van der Waals surface area contributed by atoms with E-state index in [-0.39, 0.29) is 5.41 Å². The summed E-state index contributed by atoms with van der Waals surface area (Å²) >= 11 is 0. The fourth-order valence-electron chi connectivity index (χ4n) is 3.75. The van der Waals surface area contributed by atoms with Gasteiger partial charge < -0.3 is 5.32 Å². The van der Waals surface area contributed by atoms with Gasteiger partial charge in [0, 0.05) is 29.4 Å². The molecule has 4 heterocycles. The molecular formula is C21H24N6. The second kappa shape index (κ2) is 5.87. The Kier molecular flexibility index (Phi) is 3.57. The van der Waals surface area contributed by atoms with Gasteiger partial charge in [0.2, 0.25) is 5.95 Å². The summed E-state index contributed by atoms with van der Waals surface area (Å²) in [6, 6.07) is 6.19. The molecule has 2 aliphatic rings. The van der Waals surface area contributed by atoms with Gasteiger partial charge >= 0.3 is 0 Å². The molecule has 1 unspecified atom stereocenters. The quantitative estimate of drug-likeness (QED) is 0.733. The van der Waals surface area contributed by atoms with Crippen LogP contribution in [0.5, 0.6) is 0 Å². The number of aliphatic imine (C=N–C) groups is 1. The van der Waals surface area contributed by atoms with Crippen LogP contribution in [0.15, 0.2) is 35.6 Å². The number of fused-ring (bicyclic) bond motifs is 2. The van der Waals surface area contributed by atoms with Gasteiger partial charge in [-0.3, -0.25) is 4.99 Å². The van der Waals surface area contributed by atoms with Gasteiger partial charge in [-0.25, -0.2) is 14.5 Å². The Morgan fingerprint density at radius 3 is 2.89 bits per heavy atom. The van der Waals surface area contributed by atoms with Gasteiger partial charge in [-0.1, -0.05) is 6.92 Å². The zero-order chi connectivity index (χ0) is 18.6. The minimum Gasteiger partial charge on any atom is -0.353 e. The predicted octanol–water partition coefficient (Wildman–Crippen LogP) is 4.39. The molecule has 5 rings (SSSR count). The SMILES string of the molecule is CCC1(C)C(C)=Nc2ccc(-c3ccn4nc(NCC5CC5)ncc34)nc21. The van der Waals surface area contributed by atoms with Crippen molar-refractivity contribution < 1.29 is 0 Å². The van der Waals surface area contributed by atoms with E-state index in [0.29, 0.717) is 5.95 Å². The van der Waals surface area contributed by atoms with Crippen molar-refractivity contribution in [3.05, 3.63) is 36.3 Å². The summed E-state index contributed by atoms with van der Waals surface area (Å²) < 4.78 is 1.88. The average molecular weight is 360 g/mol. The fraction of sp³-hybridized carbons (Fsp3) is 0.429. The van der Waals surface area contributed by atoms with Crippen LogP contribution in [0.3, 0.4) is 0 Å². The van der Waals surface area contributed by atoms with E-state index in [1.165, 1.54) is 12.8 Å². The Hall–Kier alpha value is -2.76. The van der Waals surface area contributed by atoms with Crippen molar-refractivity contribution in [2.24, 2.45) is 10.9 Å². The minimum atomic E-state index is -0.0860. The molecule has 0 aromatic carbocycles. The molecule has 0 amide bonds. The standard InChI is InChI=1S/C21H24N6/c1-4-21(3)13(2)24-17-8-7-16(25-19(17)21)15-9-10-27-18(15)12-23-20(26-27)22-11-14-5-6-14/h7-10,12,14H,4-6,11H2,1-3H3,(H,22,26). The maximum atomic E-state index is 5.01. The zero-order valence-corrected chi connectivity index (χ0v) is 16.0. The van der Waals surface area contributed by atoms with Crippen LogP contribution in [-0.4, -0.2) is 31.8 Å². The molecule has 1 N–H and O–H groups in total. The molecule has 138 valence electrons. The number of rotatable bonds is 5. The highest BCUT2D eigenvalue weighted by atomic mass is 15.3. The lowest BCUT2D eigenvalue weighted by Gasteiger charge is -2.23. The summed E-state index contributed by atoms with van der Waals surface area (Å²) in [4.78, 5) is 14.2. The first-order chi connectivity index (χ1) is 13.1. The summed E-state index contributed by atoms with van der Waals surface area (Å²) in [6.07, 6.45) is 7.47. The Morgan fingerprint density at radius 1 is 1.26 bits per heavy atom. The highest BCUT2D eigenvalue weighted by Crippen LogP contribution is 2.42. The number of aromatic nitrogens is 4. The Balaban J connectivity index is 1.51. The molecule has 1 fully saturated rings. The molecule has 0 spiro atoms. The first-order valence-corrected chi connectivity index (χ1v) is 9.74. The molecule has 0 saturated heterocycles. The second-order valence-corrected chi connectivity index (χ2v) is 7.91. The topological polar surface area (TPSA) is 67.5 Å². The van der Waals surface area contributed by atoms with E-state index in [4.69, 9.17) is 9.98 Å². The van der Waals surface area contributed by atoms with Gasteiger partial charge in [-0.05, 0) is 57.2 Å². The number of nitrogens with one attached hydrogen (secondary N) is 1. The minimum absolute atomic E-state index is 0.0860. The first kappa shape index (κ1) is 16.4. The van der Waals surface area contributed by atoms with Gasteiger partial charge in [0.15, 0.2) is 0 Å². The lowest BCUT2D eigenvalue weighted by molar-refractivity contribution is 0.605. The van der Waals surface area contributed by atoms with E-state index in [9.17, 15) is 0 Å². The van der Waals surface area contributed by atoms with Crippen LogP contribution in [0.4, 0.5) is 11.6 Å². The summed E-state index contributed by atoms with van der Waals surface area (Å²) in [5.41, 5.74) is 6.08. The first-order valence-electron chi connectivity index (χ1n) is 9.74. The van der Waals surface area contributed by atoms with Crippen LogP contribution in [-0.2, 0) is 5.41 Å². The van der Waals surface area contributed by atoms with Crippen molar-refractivity contribution >= 4 is 22.9 Å². The average Bonchev–Trinajstić information content (AvgIpc) is 3.37. The molecule has 3 aromatic rings. The van der Waals surface area contributed by atoms with Gasteiger partial charge in [0.1, 0.15) is 0 Å². The van der Waals surface area contributed by atoms with Crippen molar-refractivity contribution in [1.82, 2.24) is 19.6 Å². The zero-order valence-electron chi connectivity index (χ0n) is 16.0. The Labute approximate surface area is 158 Å². The van der Waals surface area contributed by atoms with Crippen LogP contribution in [0.1, 0.15) is 45.7 Å². The molecule has 1 aliphatic carbocycles. The van der Waals surface area contributed by atoms with E-state index in [2.05, 4.69) is 48.3 Å². The van der Waals surface area contributed by atoms with E-state index in [1.54, 1.807) is 0 Å². The van der Waals surface area contributed by atoms with Crippen LogP contribution >= 0.6 is 0 Å². The molecule has 0 radical (unpaired) electrons. The summed E-state index contributed by atoms with van der Waals surface area (Å²) in [5, 5.41) is 7.93. The van der Waals surface area contributed by atoms with Gasteiger partial charge in [-0.2, -0.15) is 0 Å². The van der Waals surface area contributed by atoms with E-state index >= 15 is 0 Å². The fourth-order valence-corrected chi connectivity index (χ4v) is 3.75. The van der Waals surface area contributed by atoms with Gasteiger partial charge in [-0.15, -0.1) is 5.10 Å². The Bertz CT molecular complexity index is 1060. The second-order valence-electron chi connectivity index (χ2n) is 7.91. The lowest BCUT2D eigenvalue weighted by atomic mass is 9.81. The third-order valence-electron chi connectivity index (χ3n) is 6.13. The molecule has 6 heteroatoms. The molecule has 0 bridgehead atoms. The highest BCUT2D eigenvalue weighted by molar-refractivity contribution is 5.99. The smallest absolute Gasteiger partial charge is 0.241 e. The number of pyridine rings is 1. The molecular weight excluding hydrogens is 336 g/mol. The third kappa shape index (κ3) is 2.62. The number of hydrogen-bond acceptors (Lipinski definition) is 5. The molecule has 1 saturated carbocycles. The number of anilines is 1. The van der Waals surface area contributed by atoms with Crippen LogP contribution in [0.25, 0.3) is 16.8 Å². The molecule has 27 heavy (non-hydrogen) atoms. The summed E-state index contributed by atoms with van der Waals surface area (Å²) in [5.74, 6) is 1.47. The maximum absolute atomic E-state index is 5.01. The van der Waals surface area contributed by atoms with Gasteiger partial charge in [0.05, 0.1) is 28.8 Å². The van der Waals surface area contributed by atoms with Crippen LogP contribution in [0.2, 0.25) is 0 Å². The van der Waals surface area contributed by atoms with Crippen molar-refractivity contribution in [3.8, 4) is 11.3 Å². The molecule has 3 aromatic heterocycles. The van der Waals surface area contributed by atoms with Crippen LogP contribution < -0.4 is 5.32 Å². The van der Waals surface area contributed by atoms with Crippen molar-refractivity contribution in [3.63, 3.8) is 0 Å². The number of nitrogens with zero attached hydrogens (tertiary/aromatic N) is 5. The van der Waals surface area contributed by atoms with E-state index < -0.39 is 0 Å². The third-order valence-corrected chi connectivity index (χ3v) is 6.13. The van der Waals surface area contributed by atoms with Crippen LogP contribution in [0, 0.1) is 5.92 Å². The van der Waals surface area contributed by atoms with Crippen molar-refractivity contribution in [1.29, 1.82) is 0 Å². The summed E-state index contributed by atoms with van der Waals surface area (Å²) in [6.45, 7) is 7.48. The Morgan fingerprint density at radius 2 is 2.11 bits per heavy atom. The van der Waals surface area contributed by atoms with Crippen molar-refractivity contribution in [2.75, 3.05) is 11.9 Å². The predicted molar refractivity (Wildman–Crippen MR) is 108 cm³/mol. The number of hydrogen-bond donors (Lipinski definition) is 1. The monoisotopic (exact) mass is 360 g/mol.